The lowest BCUT2D eigenvalue weighted by Crippen LogP contribution is -2.31. The fourth-order valence-electron chi connectivity index (χ4n) is 4.83. The van der Waals surface area contributed by atoms with Crippen molar-refractivity contribution in [2.45, 2.75) is 49.5 Å². The zero-order valence-electron chi connectivity index (χ0n) is 19.2. The fraction of sp³-hybridized carbons (Fsp3) is 0.440. The summed E-state index contributed by atoms with van der Waals surface area (Å²) >= 11 is 0. The maximum Gasteiger partial charge on any atom is 0.228 e. The van der Waals surface area contributed by atoms with E-state index in [1.165, 1.54) is 0 Å². The van der Waals surface area contributed by atoms with Crippen LogP contribution >= 0.6 is 0 Å². The van der Waals surface area contributed by atoms with Gasteiger partial charge in [-0.05, 0) is 43.5 Å². The predicted octanol–water partition coefficient (Wildman–Crippen LogP) is 3.43. The Labute approximate surface area is 199 Å². The molecule has 3 heterocycles. The number of anilines is 2. The van der Waals surface area contributed by atoms with Crippen LogP contribution in [-0.4, -0.2) is 57.8 Å². The minimum Gasteiger partial charge on any atom is -0.351 e. The van der Waals surface area contributed by atoms with Crippen molar-refractivity contribution >= 4 is 32.4 Å². The van der Waals surface area contributed by atoms with Gasteiger partial charge < -0.3 is 15.5 Å². The molecule has 3 aliphatic rings. The van der Waals surface area contributed by atoms with E-state index in [9.17, 15) is 8.60 Å². The Morgan fingerprint density at radius 3 is 2.71 bits per heavy atom. The van der Waals surface area contributed by atoms with E-state index in [0.29, 0.717) is 37.2 Å². The Hall–Kier alpha value is -2.78. The molecule has 0 bridgehead atoms. The zero-order chi connectivity index (χ0) is 23.4. The van der Waals surface area contributed by atoms with Gasteiger partial charge in [0.05, 0.1) is 44.5 Å². The Bertz CT molecular complexity index is 1370. The van der Waals surface area contributed by atoms with Crippen molar-refractivity contribution in [2.75, 3.05) is 35.2 Å². The average molecular weight is 481 g/mol. The number of hydrogen-bond donors (Lipinski definition) is 1. The van der Waals surface area contributed by atoms with Crippen molar-refractivity contribution in [1.29, 1.82) is 0 Å². The van der Waals surface area contributed by atoms with E-state index in [-0.39, 0.29) is 12.6 Å². The van der Waals surface area contributed by atoms with Gasteiger partial charge in [-0.25, -0.2) is 17.9 Å². The zero-order valence-corrected chi connectivity index (χ0v) is 20.0. The van der Waals surface area contributed by atoms with E-state index in [0.717, 1.165) is 39.8 Å². The third kappa shape index (κ3) is 3.90. The molecule has 6 rings (SSSR count). The maximum absolute atomic E-state index is 14.3. The molecule has 0 spiro atoms. The van der Waals surface area contributed by atoms with Crippen LogP contribution in [0.15, 0.2) is 51.7 Å². The van der Waals surface area contributed by atoms with Gasteiger partial charge in [-0.2, -0.15) is 4.98 Å². The van der Waals surface area contributed by atoms with Gasteiger partial charge >= 0.3 is 0 Å². The van der Waals surface area contributed by atoms with E-state index >= 15 is 0 Å². The van der Waals surface area contributed by atoms with Crippen molar-refractivity contribution in [3.05, 3.63) is 53.6 Å². The molecule has 0 radical (unpaired) electrons. The molecule has 2 N–H and O–H groups in total. The van der Waals surface area contributed by atoms with E-state index < -0.39 is 21.9 Å². The second-order valence-corrected chi connectivity index (χ2v) is 12.0. The molecule has 1 saturated carbocycles. The van der Waals surface area contributed by atoms with Crippen LogP contribution in [0.1, 0.15) is 24.0 Å². The van der Waals surface area contributed by atoms with Gasteiger partial charge in [0.25, 0.3) is 0 Å². The summed E-state index contributed by atoms with van der Waals surface area (Å²) in [5.41, 5.74) is 8.89. The molecule has 2 aliphatic heterocycles. The van der Waals surface area contributed by atoms with Crippen LogP contribution in [0.5, 0.6) is 0 Å². The standard InChI is InChI=1S/C25H29FN6OS/c1-16-6-9-22-19(12-16)24(32-14-20(26)21(27)15-32)29-25(28-22)31-10-11-34(33,30-18-7-8-18)23-5-3-2-4-17(23)13-31/h2-6,9,12,18,20-21H,7-8,10-11,13-15,27H2,1H3. The van der Waals surface area contributed by atoms with Crippen LogP contribution in [-0.2, 0) is 16.3 Å². The molecular weight excluding hydrogens is 451 g/mol. The highest BCUT2D eigenvalue weighted by molar-refractivity contribution is 7.93. The van der Waals surface area contributed by atoms with Crippen LogP contribution in [0.25, 0.3) is 10.9 Å². The summed E-state index contributed by atoms with van der Waals surface area (Å²) in [7, 11) is -2.50. The van der Waals surface area contributed by atoms with Crippen LogP contribution < -0.4 is 15.5 Å². The van der Waals surface area contributed by atoms with E-state index in [1.54, 1.807) is 0 Å². The maximum atomic E-state index is 14.3. The summed E-state index contributed by atoms with van der Waals surface area (Å²) < 4.78 is 33.1. The molecule has 1 aliphatic carbocycles. The van der Waals surface area contributed by atoms with Crippen molar-refractivity contribution < 1.29 is 8.60 Å². The van der Waals surface area contributed by atoms with Gasteiger partial charge in [0.1, 0.15) is 12.0 Å². The molecule has 7 nitrogen and oxygen atoms in total. The SMILES string of the molecule is Cc1ccc2nc(N3CCS(=O)(=NC4CC4)c4ccccc4C3)nc(N3CC(N)C(F)C3)c2c1. The summed E-state index contributed by atoms with van der Waals surface area (Å²) in [5, 5.41) is 0.896. The van der Waals surface area contributed by atoms with Gasteiger partial charge in [-0.3, -0.25) is 0 Å². The number of fused-ring (bicyclic) bond motifs is 2. The number of nitrogens with two attached hydrogens (primary N) is 1. The normalized spacial score (nSPS) is 27.0. The molecule has 1 aromatic heterocycles. The van der Waals surface area contributed by atoms with Gasteiger partial charge in [-0.15, -0.1) is 0 Å². The molecule has 1 saturated heterocycles. The van der Waals surface area contributed by atoms with Crippen LogP contribution in [0.4, 0.5) is 16.2 Å². The quantitative estimate of drug-likeness (QED) is 0.618. The highest BCUT2D eigenvalue weighted by Crippen LogP contribution is 2.34. The van der Waals surface area contributed by atoms with E-state index in [1.807, 2.05) is 54.3 Å². The second kappa shape index (κ2) is 8.16. The first-order valence-electron chi connectivity index (χ1n) is 11.9. The number of rotatable bonds is 3. The molecule has 3 atom stereocenters. The molecule has 9 heteroatoms. The highest BCUT2D eigenvalue weighted by atomic mass is 32.2. The summed E-state index contributed by atoms with van der Waals surface area (Å²) in [4.78, 5) is 14.7. The second-order valence-electron chi connectivity index (χ2n) is 9.66. The molecule has 3 aromatic rings. The Balaban J connectivity index is 1.44. The fourth-order valence-corrected chi connectivity index (χ4v) is 7.27. The number of nitrogens with zero attached hydrogens (tertiary/aromatic N) is 5. The lowest BCUT2D eigenvalue weighted by atomic mass is 10.1. The minimum absolute atomic E-state index is 0.215. The number of hydrogen-bond acceptors (Lipinski definition) is 7. The molecule has 178 valence electrons. The Morgan fingerprint density at radius 1 is 1.12 bits per heavy atom. The first-order valence-corrected chi connectivity index (χ1v) is 13.6. The van der Waals surface area contributed by atoms with Gasteiger partial charge in [-0.1, -0.05) is 29.8 Å². The summed E-state index contributed by atoms with van der Waals surface area (Å²) in [6.45, 7) is 3.74. The summed E-state index contributed by atoms with van der Waals surface area (Å²) in [6.07, 6.45) is 0.956. The van der Waals surface area contributed by atoms with Crippen LogP contribution in [0.2, 0.25) is 0 Å². The Morgan fingerprint density at radius 2 is 1.94 bits per heavy atom. The van der Waals surface area contributed by atoms with E-state index in [4.69, 9.17) is 20.1 Å². The first-order chi connectivity index (χ1) is 16.4. The highest BCUT2D eigenvalue weighted by Gasteiger charge is 2.33. The van der Waals surface area contributed by atoms with Crippen LogP contribution in [0, 0.1) is 6.92 Å². The van der Waals surface area contributed by atoms with Gasteiger partial charge in [0, 0.05) is 25.0 Å². The number of aromatic nitrogens is 2. The monoisotopic (exact) mass is 480 g/mol. The largest absolute Gasteiger partial charge is 0.351 e. The number of halogens is 1. The van der Waals surface area contributed by atoms with Gasteiger partial charge in [0.2, 0.25) is 5.95 Å². The third-order valence-corrected chi connectivity index (χ3v) is 9.33. The molecule has 3 unspecified atom stereocenters. The topological polar surface area (TPSA) is 87.7 Å². The van der Waals surface area contributed by atoms with E-state index in [2.05, 4.69) is 4.90 Å². The molecule has 2 fully saturated rings. The summed E-state index contributed by atoms with van der Waals surface area (Å²) in [6, 6.07) is 13.6. The third-order valence-electron chi connectivity index (χ3n) is 6.87. The van der Waals surface area contributed by atoms with Crippen LogP contribution in [0.3, 0.4) is 0 Å². The lowest BCUT2D eigenvalue weighted by molar-refractivity contribution is 0.333. The van der Waals surface area contributed by atoms with Crippen molar-refractivity contribution in [3.63, 3.8) is 0 Å². The molecular formula is C25H29FN6OS. The van der Waals surface area contributed by atoms with Crippen molar-refractivity contribution in [2.24, 2.45) is 10.1 Å². The smallest absolute Gasteiger partial charge is 0.228 e. The number of alkyl halides is 1. The molecule has 0 amide bonds. The number of benzene rings is 2. The average Bonchev–Trinajstić information content (AvgIpc) is 3.59. The van der Waals surface area contributed by atoms with Gasteiger partial charge in [0.15, 0.2) is 0 Å². The molecule has 34 heavy (non-hydrogen) atoms. The summed E-state index contributed by atoms with van der Waals surface area (Å²) in [5.74, 6) is 1.71. The Kier molecular flexibility index (Phi) is 5.22. The number of aryl methyl sites for hydroxylation is 1. The van der Waals surface area contributed by atoms with Crippen molar-refractivity contribution in [3.8, 4) is 0 Å². The minimum atomic E-state index is -2.50. The van der Waals surface area contributed by atoms with Crippen molar-refractivity contribution in [1.82, 2.24) is 9.97 Å². The predicted molar refractivity (Wildman–Crippen MR) is 134 cm³/mol. The molecule has 2 aromatic carbocycles. The lowest BCUT2D eigenvalue weighted by Gasteiger charge is -2.24. The first kappa shape index (κ1) is 21.7.